The molecule has 0 amide bonds. The van der Waals surface area contributed by atoms with Crippen LogP contribution in [-0.4, -0.2) is 37.6 Å². The van der Waals surface area contributed by atoms with Crippen molar-refractivity contribution >= 4 is 5.78 Å². The minimum absolute atomic E-state index is 0.493. The molecule has 1 unspecified atom stereocenters. The normalized spacial score (nSPS) is 17.0. The highest BCUT2D eigenvalue weighted by molar-refractivity contribution is 5.63. The number of hydrogen-bond acceptors (Lipinski definition) is 4. The van der Waals surface area contributed by atoms with Crippen LogP contribution in [0.2, 0.25) is 0 Å². The molecule has 1 aliphatic rings. The van der Waals surface area contributed by atoms with Crippen LogP contribution < -0.4 is 0 Å². The number of benzene rings is 1. The van der Waals surface area contributed by atoms with Gasteiger partial charge in [-0.15, -0.1) is 10.2 Å². The van der Waals surface area contributed by atoms with Gasteiger partial charge in [0.25, 0.3) is 5.78 Å². The van der Waals surface area contributed by atoms with Gasteiger partial charge in [-0.3, -0.25) is 9.30 Å². The average Bonchev–Trinajstić information content (AvgIpc) is 3.25. The molecular weight excluding hydrogens is 286 g/mol. The molecule has 1 fully saturated rings. The standard InChI is InChI=1S/C18H21N5/c1-13(22-9-3-4-10-22)15-5-7-16(8-6-15)17-11-19-18-21-20-14(2)23(18)12-17/h5-8,11-13H,3-4,9-10H2,1-2H3. The van der Waals surface area contributed by atoms with Gasteiger partial charge in [-0.05, 0) is 50.9 Å². The van der Waals surface area contributed by atoms with Crippen molar-refractivity contribution in [2.45, 2.75) is 32.7 Å². The van der Waals surface area contributed by atoms with Crippen LogP contribution in [0.15, 0.2) is 36.7 Å². The summed E-state index contributed by atoms with van der Waals surface area (Å²) in [5.74, 6) is 1.50. The van der Waals surface area contributed by atoms with Crippen molar-refractivity contribution in [1.82, 2.24) is 24.5 Å². The third-order valence-corrected chi connectivity index (χ3v) is 4.85. The van der Waals surface area contributed by atoms with E-state index in [4.69, 9.17) is 0 Å². The molecule has 1 aliphatic heterocycles. The molecule has 3 heterocycles. The zero-order chi connectivity index (χ0) is 15.8. The van der Waals surface area contributed by atoms with Gasteiger partial charge in [0.15, 0.2) is 0 Å². The summed E-state index contributed by atoms with van der Waals surface area (Å²) in [5.41, 5.74) is 3.64. The maximum atomic E-state index is 4.38. The second-order valence-electron chi connectivity index (χ2n) is 6.30. The fourth-order valence-electron chi connectivity index (χ4n) is 3.34. The lowest BCUT2D eigenvalue weighted by atomic mass is 10.0. The van der Waals surface area contributed by atoms with Crippen molar-refractivity contribution < 1.29 is 0 Å². The van der Waals surface area contributed by atoms with Gasteiger partial charge in [0.1, 0.15) is 5.82 Å². The van der Waals surface area contributed by atoms with Gasteiger partial charge in [0.05, 0.1) is 0 Å². The van der Waals surface area contributed by atoms with Crippen molar-refractivity contribution in [3.05, 3.63) is 48.0 Å². The molecule has 1 atom stereocenters. The van der Waals surface area contributed by atoms with E-state index in [0.717, 1.165) is 11.4 Å². The van der Waals surface area contributed by atoms with Crippen LogP contribution in [0.3, 0.4) is 0 Å². The first kappa shape index (κ1) is 14.3. The van der Waals surface area contributed by atoms with E-state index >= 15 is 0 Å². The summed E-state index contributed by atoms with van der Waals surface area (Å²) in [6.07, 6.45) is 6.57. The average molecular weight is 307 g/mol. The van der Waals surface area contributed by atoms with Crippen molar-refractivity contribution in [3.63, 3.8) is 0 Å². The molecule has 5 nitrogen and oxygen atoms in total. The highest BCUT2D eigenvalue weighted by atomic mass is 15.3. The molecule has 23 heavy (non-hydrogen) atoms. The van der Waals surface area contributed by atoms with Gasteiger partial charge >= 0.3 is 0 Å². The molecule has 0 bridgehead atoms. The van der Waals surface area contributed by atoms with E-state index in [1.165, 1.54) is 37.1 Å². The Morgan fingerprint density at radius 2 is 1.74 bits per heavy atom. The predicted molar refractivity (Wildman–Crippen MR) is 90.2 cm³/mol. The van der Waals surface area contributed by atoms with Crippen molar-refractivity contribution in [2.24, 2.45) is 0 Å². The molecule has 0 aliphatic carbocycles. The Kier molecular flexibility index (Phi) is 3.58. The lowest BCUT2D eigenvalue weighted by Crippen LogP contribution is -2.23. The summed E-state index contributed by atoms with van der Waals surface area (Å²) >= 11 is 0. The Balaban J connectivity index is 1.62. The summed E-state index contributed by atoms with van der Waals surface area (Å²) < 4.78 is 1.93. The van der Waals surface area contributed by atoms with E-state index in [-0.39, 0.29) is 0 Å². The van der Waals surface area contributed by atoms with E-state index in [9.17, 15) is 0 Å². The lowest BCUT2D eigenvalue weighted by Gasteiger charge is -2.24. The first-order valence-electron chi connectivity index (χ1n) is 8.24. The molecule has 3 aromatic rings. The van der Waals surface area contributed by atoms with Crippen LogP contribution in [0, 0.1) is 6.92 Å². The Morgan fingerprint density at radius 1 is 1.00 bits per heavy atom. The number of aryl methyl sites for hydroxylation is 1. The zero-order valence-electron chi connectivity index (χ0n) is 13.6. The maximum absolute atomic E-state index is 4.38. The first-order valence-corrected chi connectivity index (χ1v) is 8.24. The quantitative estimate of drug-likeness (QED) is 0.745. The van der Waals surface area contributed by atoms with Crippen LogP contribution >= 0.6 is 0 Å². The number of nitrogens with zero attached hydrogens (tertiary/aromatic N) is 5. The van der Waals surface area contributed by atoms with Crippen molar-refractivity contribution in [3.8, 4) is 11.1 Å². The van der Waals surface area contributed by atoms with E-state index in [0.29, 0.717) is 11.8 Å². The minimum Gasteiger partial charge on any atom is -0.297 e. The number of rotatable bonds is 3. The molecule has 4 rings (SSSR count). The van der Waals surface area contributed by atoms with Crippen LogP contribution in [0.4, 0.5) is 0 Å². The van der Waals surface area contributed by atoms with Crippen LogP contribution in [0.5, 0.6) is 0 Å². The van der Waals surface area contributed by atoms with Crippen molar-refractivity contribution in [1.29, 1.82) is 0 Å². The third kappa shape index (κ3) is 2.61. The zero-order valence-corrected chi connectivity index (χ0v) is 13.6. The van der Waals surface area contributed by atoms with Crippen LogP contribution in [0.1, 0.15) is 37.2 Å². The SMILES string of the molecule is Cc1nnc2ncc(-c3ccc(C(C)N4CCCC4)cc3)cn12. The van der Waals surface area contributed by atoms with E-state index in [1.54, 1.807) is 0 Å². The predicted octanol–water partition coefficient (Wildman–Crippen LogP) is 3.26. The highest BCUT2D eigenvalue weighted by Gasteiger charge is 2.19. The van der Waals surface area contributed by atoms with Crippen molar-refractivity contribution in [2.75, 3.05) is 13.1 Å². The fraction of sp³-hybridized carbons (Fsp3) is 0.389. The maximum Gasteiger partial charge on any atom is 0.254 e. The summed E-state index contributed by atoms with van der Waals surface area (Å²) in [5, 5.41) is 8.09. The smallest absolute Gasteiger partial charge is 0.254 e. The molecule has 0 spiro atoms. The highest BCUT2D eigenvalue weighted by Crippen LogP contribution is 2.27. The molecule has 118 valence electrons. The second kappa shape index (κ2) is 5.74. The topological polar surface area (TPSA) is 46.3 Å². The van der Waals surface area contributed by atoms with Gasteiger partial charge in [-0.1, -0.05) is 24.3 Å². The monoisotopic (exact) mass is 307 g/mol. The van der Waals surface area contributed by atoms with E-state index in [1.807, 2.05) is 17.5 Å². The Labute approximate surface area is 136 Å². The molecule has 1 saturated heterocycles. The Morgan fingerprint density at radius 3 is 2.48 bits per heavy atom. The molecular formula is C18H21N5. The number of hydrogen-bond donors (Lipinski definition) is 0. The molecule has 1 aromatic carbocycles. The number of likely N-dealkylation sites (tertiary alicyclic amines) is 1. The number of fused-ring (bicyclic) bond motifs is 1. The van der Waals surface area contributed by atoms with Gasteiger partial charge < -0.3 is 0 Å². The largest absolute Gasteiger partial charge is 0.297 e. The first-order chi connectivity index (χ1) is 11.2. The van der Waals surface area contributed by atoms with E-state index < -0.39 is 0 Å². The molecule has 2 aromatic heterocycles. The van der Waals surface area contributed by atoms with Crippen LogP contribution in [-0.2, 0) is 0 Å². The summed E-state index contributed by atoms with van der Waals surface area (Å²) in [6, 6.07) is 9.34. The minimum atomic E-state index is 0.493. The number of aromatic nitrogens is 4. The lowest BCUT2D eigenvalue weighted by molar-refractivity contribution is 0.263. The summed E-state index contributed by atoms with van der Waals surface area (Å²) in [6.45, 7) is 6.67. The van der Waals surface area contributed by atoms with Gasteiger partial charge in [0.2, 0.25) is 0 Å². The Hall–Kier alpha value is -2.27. The third-order valence-electron chi connectivity index (χ3n) is 4.85. The Bertz CT molecular complexity index is 815. The van der Waals surface area contributed by atoms with Gasteiger partial charge in [-0.25, -0.2) is 4.98 Å². The van der Waals surface area contributed by atoms with Gasteiger partial charge in [-0.2, -0.15) is 0 Å². The second-order valence-corrected chi connectivity index (χ2v) is 6.30. The molecule has 0 N–H and O–H groups in total. The summed E-state index contributed by atoms with van der Waals surface area (Å²) in [7, 11) is 0. The fourth-order valence-corrected chi connectivity index (χ4v) is 3.34. The molecule has 5 heteroatoms. The molecule has 0 radical (unpaired) electrons. The molecule has 0 saturated carbocycles. The van der Waals surface area contributed by atoms with E-state index in [2.05, 4.69) is 57.5 Å². The van der Waals surface area contributed by atoms with Gasteiger partial charge in [0, 0.05) is 24.0 Å². The van der Waals surface area contributed by atoms with Crippen LogP contribution in [0.25, 0.3) is 16.9 Å². The summed E-state index contributed by atoms with van der Waals surface area (Å²) in [4.78, 5) is 6.94.